The average Bonchev–Trinajstić information content (AvgIpc) is 2.68. The molecule has 0 fully saturated rings. The summed E-state index contributed by atoms with van der Waals surface area (Å²) >= 11 is 0. The fraction of sp³-hybridized carbons (Fsp3) is 0.368. The lowest BCUT2D eigenvalue weighted by molar-refractivity contribution is 0.110. The Kier molecular flexibility index (Phi) is 4.37. The van der Waals surface area contributed by atoms with Crippen LogP contribution >= 0.6 is 0 Å². The van der Waals surface area contributed by atoms with E-state index in [1.165, 1.54) is 16.7 Å². The minimum Gasteiger partial charge on any atom is -0.387 e. The van der Waals surface area contributed by atoms with Crippen LogP contribution in [-0.2, 0) is 13.0 Å². The van der Waals surface area contributed by atoms with Crippen molar-refractivity contribution in [3.05, 3.63) is 70.8 Å². The molecular formula is C19H23NO. The second kappa shape index (κ2) is 6.42. The quantitative estimate of drug-likeness (QED) is 0.931. The predicted molar refractivity (Wildman–Crippen MR) is 86.2 cm³/mol. The SMILES string of the molecule is Cc1cccc(C(O)CN2CCCc3ccccc3C2)c1. The molecule has 0 bridgehead atoms. The summed E-state index contributed by atoms with van der Waals surface area (Å²) < 4.78 is 0. The first-order valence-corrected chi connectivity index (χ1v) is 7.76. The van der Waals surface area contributed by atoms with Gasteiger partial charge in [-0.2, -0.15) is 0 Å². The van der Waals surface area contributed by atoms with Gasteiger partial charge in [-0.1, -0.05) is 54.1 Å². The van der Waals surface area contributed by atoms with Gasteiger partial charge in [0.15, 0.2) is 0 Å². The summed E-state index contributed by atoms with van der Waals surface area (Å²) in [6.45, 7) is 4.77. The highest BCUT2D eigenvalue weighted by atomic mass is 16.3. The van der Waals surface area contributed by atoms with Gasteiger partial charge in [0, 0.05) is 13.1 Å². The summed E-state index contributed by atoms with van der Waals surface area (Å²) in [5.41, 5.74) is 5.09. The standard InChI is InChI=1S/C19H23NO/c1-15-6-4-9-17(12-15)19(21)14-20-11-5-10-16-7-2-3-8-18(16)13-20/h2-4,6-9,12,19,21H,5,10-11,13-14H2,1H3. The minimum atomic E-state index is -0.407. The van der Waals surface area contributed by atoms with Crippen LogP contribution in [0.25, 0.3) is 0 Å². The maximum absolute atomic E-state index is 10.5. The molecule has 1 heterocycles. The number of rotatable bonds is 3. The van der Waals surface area contributed by atoms with Crippen LogP contribution in [0, 0.1) is 6.92 Å². The lowest BCUT2D eigenvalue weighted by Gasteiger charge is -2.24. The van der Waals surface area contributed by atoms with E-state index in [1.807, 2.05) is 12.1 Å². The van der Waals surface area contributed by atoms with E-state index in [2.05, 4.69) is 48.2 Å². The number of fused-ring (bicyclic) bond motifs is 1. The molecule has 0 spiro atoms. The Bertz CT molecular complexity index is 608. The largest absolute Gasteiger partial charge is 0.387 e. The number of hydrogen-bond acceptors (Lipinski definition) is 2. The number of benzene rings is 2. The number of aryl methyl sites for hydroxylation is 2. The average molecular weight is 281 g/mol. The monoisotopic (exact) mass is 281 g/mol. The van der Waals surface area contributed by atoms with Crippen LogP contribution < -0.4 is 0 Å². The summed E-state index contributed by atoms with van der Waals surface area (Å²) in [6.07, 6.45) is 1.90. The van der Waals surface area contributed by atoms with Crippen LogP contribution in [0.15, 0.2) is 48.5 Å². The fourth-order valence-electron chi connectivity index (χ4n) is 3.15. The van der Waals surface area contributed by atoms with E-state index >= 15 is 0 Å². The molecule has 1 aliphatic rings. The lowest BCUT2D eigenvalue weighted by Crippen LogP contribution is -2.28. The van der Waals surface area contributed by atoms with Crippen LogP contribution in [0.4, 0.5) is 0 Å². The number of nitrogens with zero attached hydrogens (tertiary/aromatic N) is 1. The highest BCUT2D eigenvalue weighted by molar-refractivity contribution is 5.28. The highest BCUT2D eigenvalue weighted by Gasteiger charge is 2.17. The molecule has 1 atom stereocenters. The first kappa shape index (κ1) is 14.3. The van der Waals surface area contributed by atoms with Crippen molar-refractivity contribution in [1.29, 1.82) is 0 Å². The molecule has 21 heavy (non-hydrogen) atoms. The van der Waals surface area contributed by atoms with Gasteiger partial charge in [-0.3, -0.25) is 4.90 Å². The third kappa shape index (κ3) is 3.52. The van der Waals surface area contributed by atoms with Gasteiger partial charge in [-0.05, 0) is 43.0 Å². The summed E-state index contributed by atoms with van der Waals surface area (Å²) in [5, 5.41) is 10.5. The van der Waals surface area contributed by atoms with Crippen molar-refractivity contribution in [2.75, 3.05) is 13.1 Å². The van der Waals surface area contributed by atoms with E-state index in [-0.39, 0.29) is 0 Å². The molecule has 0 amide bonds. The van der Waals surface area contributed by atoms with E-state index in [9.17, 15) is 5.11 Å². The van der Waals surface area contributed by atoms with Crippen LogP contribution in [0.2, 0.25) is 0 Å². The summed E-state index contributed by atoms with van der Waals surface area (Å²) in [6, 6.07) is 16.9. The number of β-amino-alcohol motifs (C(OH)–C–C–N with tert-alkyl or cyclic N) is 1. The van der Waals surface area contributed by atoms with Gasteiger partial charge in [0.2, 0.25) is 0 Å². The number of aliphatic hydroxyl groups excluding tert-OH is 1. The zero-order chi connectivity index (χ0) is 14.7. The molecule has 1 aliphatic heterocycles. The molecule has 0 aliphatic carbocycles. The molecule has 2 aromatic carbocycles. The van der Waals surface area contributed by atoms with E-state index in [0.717, 1.165) is 31.5 Å². The van der Waals surface area contributed by atoms with Crippen molar-refractivity contribution in [3.8, 4) is 0 Å². The predicted octanol–water partition coefficient (Wildman–Crippen LogP) is 3.48. The van der Waals surface area contributed by atoms with Gasteiger partial charge in [0.25, 0.3) is 0 Å². The van der Waals surface area contributed by atoms with Crippen LogP contribution in [0.5, 0.6) is 0 Å². The van der Waals surface area contributed by atoms with Gasteiger partial charge >= 0.3 is 0 Å². The normalized spacial score (nSPS) is 17.0. The Hall–Kier alpha value is -1.64. The Labute approximate surface area is 127 Å². The minimum absolute atomic E-state index is 0.407. The Morgan fingerprint density at radius 3 is 2.71 bits per heavy atom. The van der Waals surface area contributed by atoms with Gasteiger partial charge < -0.3 is 5.11 Å². The van der Waals surface area contributed by atoms with Crippen molar-refractivity contribution >= 4 is 0 Å². The fourth-order valence-corrected chi connectivity index (χ4v) is 3.15. The summed E-state index contributed by atoms with van der Waals surface area (Å²) in [5.74, 6) is 0. The summed E-state index contributed by atoms with van der Waals surface area (Å²) in [7, 11) is 0. The zero-order valence-corrected chi connectivity index (χ0v) is 12.6. The maximum atomic E-state index is 10.5. The van der Waals surface area contributed by atoms with Gasteiger partial charge in [-0.15, -0.1) is 0 Å². The maximum Gasteiger partial charge on any atom is 0.0917 e. The molecule has 110 valence electrons. The van der Waals surface area contributed by atoms with Crippen LogP contribution in [-0.4, -0.2) is 23.1 Å². The molecule has 0 aromatic heterocycles. The summed E-state index contributed by atoms with van der Waals surface area (Å²) in [4.78, 5) is 2.37. The van der Waals surface area contributed by atoms with Crippen molar-refractivity contribution in [3.63, 3.8) is 0 Å². The molecule has 1 N–H and O–H groups in total. The Morgan fingerprint density at radius 1 is 1.10 bits per heavy atom. The van der Waals surface area contributed by atoms with Crippen LogP contribution in [0.1, 0.15) is 34.8 Å². The lowest BCUT2D eigenvalue weighted by atomic mass is 10.0. The van der Waals surface area contributed by atoms with Crippen molar-refractivity contribution in [1.82, 2.24) is 4.90 Å². The Balaban J connectivity index is 1.70. The Morgan fingerprint density at radius 2 is 1.90 bits per heavy atom. The molecule has 2 aromatic rings. The molecule has 2 heteroatoms. The topological polar surface area (TPSA) is 23.5 Å². The van der Waals surface area contributed by atoms with Crippen molar-refractivity contribution < 1.29 is 5.11 Å². The molecule has 0 saturated heterocycles. The number of aliphatic hydroxyl groups is 1. The molecular weight excluding hydrogens is 258 g/mol. The zero-order valence-electron chi connectivity index (χ0n) is 12.6. The van der Waals surface area contributed by atoms with Gasteiger partial charge in [0.1, 0.15) is 0 Å². The smallest absolute Gasteiger partial charge is 0.0917 e. The molecule has 1 unspecified atom stereocenters. The number of hydrogen-bond donors (Lipinski definition) is 1. The second-order valence-electron chi connectivity index (χ2n) is 6.04. The van der Waals surface area contributed by atoms with Crippen molar-refractivity contribution in [2.45, 2.75) is 32.4 Å². The van der Waals surface area contributed by atoms with E-state index in [4.69, 9.17) is 0 Å². The molecule has 3 rings (SSSR count). The second-order valence-corrected chi connectivity index (χ2v) is 6.04. The van der Waals surface area contributed by atoms with E-state index < -0.39 is 6.10 Å². The van der Waals surface area contributed by atoms with Crippen molar-refractivity contribution in [2.24, 2.45) is 0 Å². The van der Waals surface area contributed by atoms with Gasteiger partial charge in [-0.25, -0.2) is 0 Å². The van der Waals surface area contributed by atoms with E-state index in [1.54, 1.807) is 0 Å². The molecule has 0 radical (unpaired) electrons. The third-order valence-corrected chi connectivity index (χ3v) is 4.29. The third-order valence-electron chi connectivity index (χ3n) is 4.29. The van der Waals surface area contributed by atoms with E-state index in [0.29, 0.717) is 6.54 Å². The van der Waals surface area contributed by atoms with Crippen LogP contribution in [0.3, 0.4) is 0 Å². The van der Waals surface area contributed by atoms with Gasteiger partial charge in [0.05, 0.1) is 6.10 Å². The molecule has 2 nitrogen and oxygen atoms in total. The first-order valence-electron chi connectivity index (χ1n) is 7.76. The first-order chi connectivity index (χ1) is 10.2. The highest BCUT2D eigenvalue weighted by Crippen LogP contribution is 2.21. The molecule has 0 saturated carbocycles.